The molecule has 9 heteroatoms. The molecular formula is C29H24FN7O. The van der Waals surface area contributed by atoms with Crippen molar-refractivity contribution in [3.8, 4) is 33.8 Å². The third kappa shape index (κ3) is 4.28. The Kier molecular flexibility index (Phi) is 5.68. The number of aromatic nitrogens is 6. The van der Waals surface area contributed by atoms with Gasteiger partial charge < -0.3 is 10.3 Å². The Balaban J connectivity index is 1.42. The Morgan fingerprint density at radius 1 is 1.00 bits per heavy atom. The van der Waals surface area contributed by atoms with Gasteiger partial charge in [-0.15, -0.1) is 0 Å². The Labute approximate surface area is 217 Å². The van der Waals surface area contributed by atoms with Gasteiger partial charge in [-0.2, -0.15) is 5.10 Å². The van der Waals surface area contributed by atoms with Crippen LogP contribution in [0.15, 0.2) is 67.1 Å². The van der Waals surface area contributed by atoms with Crippen LogP contribution in [0.4, 0.5) is 10.1 Å². The monoisotopic (exact) mass is 505 g/mol. The highest BCUT2D eigenvalue weighted by atomic mass is 19.1. The van der Waals surface area contributed by atoms with Gasteiger partial charge in [-0.25, -0.2) is 14.4 Å². The van der Waals surface area contributed by atoms with Crippen molar-refractivity contribution in [1.82, 2.24) is 30.1 Å². The van der Waals surface area contributed by atoms with E-state index in [1.54, 1.807) is 18.6 Å². The molecule has 3 N–H and O–H groups in total. The van der Waals surface area contributed by atoms with Crippen molar-refractivity contribution in [3.63, 3.8) is 0 Å². The fraction of sp³-hybridized carbons (Fsp3) is 0.138. The molecule has 0 aliphatic heterocycles. The molecule has 0 bridgehead atoms. The number of pyridine rings is 2. The largest absolute Gasteiger partial charge is 0.335 e. The van der Waals surface area contributed by atoms with Gasteiger partial charge in [-0.3, -0.25) is 14.9 Å². The number of nitrogens with one attached hydrogen (secondary N) is 3. The standard InChI is InChI=1S/C29H24FN7O/c1-15(2)29(38)33-21-11-19(13-31-14-21)17-4-5-24-23(12-17)26(37-36-24)28-34-25-22(6-7-32-27(25)35-28)18-8-16(3)9-20(30)10-18/h4-15H,1-3H3,(H,33,38)(H,36,37)(H,32,34,35). The van der Waals surface area contributed by atoms with Crippen LogP contribution >= 0.6 is 0 Å². The van der Waals surface area contributed by atoms with Crippen LogP contribution in [-0.4, -0.2) is 36.0 Å². The summed E-state index contributed by atoms with van der Waals surface area (Å²) in [5.41, 5.74) is 7.50. The minimum absolute atomic E-state index is 0.0669. The Morgan fingerprint density at radius 3 is 2.68 bits per heavy atom. The van der Waals surface area contributed by atoms with E-state index in [4.69, 9.17) is 4.98 Å². The maximum absolute atomic E-state index is 14.1. The lowest BCUT2D eigenvalue weighted by atomic mass is 10.0. The predicted molar refractivity (Wildman–Crippen MR) is 146 cm³/mol. The van der Waals surface area contributed by atoms with E-state index in [9.17, 15) is 9.18 Å². The van der Waals surface area contributed by atoms with Crippen LogP contribution in [-0.2, 0) is 4.79 Å². The van der Waals surface area contributed by atoms with Crippen molar-refractivity contribution >= 4 is 33.7 Å². The number of nitrogens with zero attached hydrogens (tertiary/aromatic N) is 4. The van der Waals surface area contributed by atoms with E-state index in [1.165, 1.54) is 12.1 Å². The van der Waals surface area contributed by atoms with Crippen LogP contribution in [0.2, 0.25) is 0 Å². The number of hydrogen-bond acceptors (Lipinski definition) is 5. The molecule has 4 aromatic heterocycles. The molecule has 0 aliphatic carbocycles. The Hall–Kier alpha value is -4.92. The van der Waals surface area contributed by atoms with Crippen molar-refractivity contribution in [1.29, 1.82) is 0 Å². The maximum Gasteiger partial charge on any atom is 0.226 e. The van der Waals surface area contributed by atoms with E-state index in [-0.39, 0.29) is 17.6 Å². The summed E-state index contributed by atoms with van der Waals surface area (Å²) in [4.78, 5) is 28.9. The first kappa shape index (κ1) is 23.5. The van der Waals surface area contributed by atoms with Crippen LogP contribution in [0.1, 0.15) is 19.4 Å². The fourth-order valence-corrected chi connectivity index (χ4v) is 4.48. The highest BCUT2D eigenvalue weighted by Gasteiger charge is 2.17. The molecule has 0 saturated carbocycles. The molecule has 0 atom stereocenters. The zero-order valence-corrected chi connectivity index (χ0v) is 21.0. The average molecular weight is 506 g/mol. The second-order valence-corrected chi connectivity index (χ2v) is 9.60. The van der Waals surface area contributed by atoms with Crippen LogP contribution < -0.4 is 5.32 Å². The van der Waals surface area contributed by atoms with E-state index >= 15 is 0 Å². The number of carbonyl (C=O) groups is 1. The summed E-state index contributed by atoms with van der Waals surface area (Å²) in [5, 5.41) is 11.4. The third-order valence-electron chi connectivity index (χ3n) is 6.40. The number of halogens is 1. The van der Waals surface area contributed by atoms with Crippen LogP contribution in [0.3, 0.4) is 0 Å². The maximum atomic E-state index is 14.1. The van der Waals surface area contributed by atoms with Gasteiger partial charge in [0.2, 0.25) is 5.91 Å². The first-order chi connectivity index (χ1) is 18.4. The van der Waals surface area contributed by atoms with Crippen molar-refractivity contribution < 1.29 is 9.18 Å². The van der Waals surface area contributed by atoms with Crippen LogP contribution in [0.25, 0.3) is 55.8 Å². The number of benzene rings is 2. The fourth-order valence-electron chi connectivity index (χ4n) is 4.48. The first-order valence-electron chi connectivity index (χ1n) is 12.2. The number of aryl methyl sites for hydroxylation is 1. The number of hydrogen-bond donors (Lipinski definition) is 3. The van der Waals surface area contributed by atoms with Gasteiger partial charge in [0, 0.05) is 34.8 Å². The van der Waals surface area contributed by atoms with E-state index in [2.05, 4.69) is 30.5 Å². The van der Waals surface area contributed by atoms with Gasteiger partial charge in [0.15, 0.2) is 11.5 Å². The van der Waals surface area contributed by atoms with Gasteiger partial charge in [0.25, 0.3) is 0 Å². The number of fused-ring (bicyclic) bond motifs is 2. The van der Waals surface area contributed by atoms with Gasteiger partial charge in [-0.1, -0.05) is 26.0 Å². The summed E-state index contributed by atoms with van der Waals surface area (Å²) >= 11 is 0. The van der Waals surface area contributed by atoms with E-state index in [0.29, 0.717) is 28.4 Å². The third-order valence-corrected chi connectivity index (χ3v) is 6.40. The molecule has 0 fully saturated rings. The normalized spacial score (nSPS) is 11.5. The minimum atomic E-state index is -0.294. The molecule has 0 radical (unpaired) electrons. The van der Waals surface area contributed by atoms with Crippen LogP contribution in [0.5, 0.6) is 0 Å². The number of anilines is 1. The topological polar surface area (TPSA) is 112 Å². The smallest absolute Gasteiger partial charge is 0.226 e. The lowest BCUT2D eigenvalue weighted by molar-refractivity contribution is -0.118. The highest BCUT2D eigenvalue weighted by Crippen LogP contribution is 2.33. The van der Waals surface area contributed by atoms with Crippen LogP contribution in [0, 0.1) is 18.7 Å². The number of rotatable bonds is 5. The summed E-state index contributed by atoms with van der Waals surface area (Å²) in [6, 6.07) is 14.6. The highest BCUT2D eigenvalue weighted by molar-refractivity contribution is 5.98. The van der Waals surface area contributed by atoms with Crippen molar-refractivity contribution in [2.45, 2.75) is 20.8 Å². The SMILES string of the molecule is Cc1cc(F)cc(-c2ccnc3nc(-c4n[nH]c5ccc(-c6cncc(NC(=O)C(C)C)c6)cc45)[nH]c23)c1. The first-order valence-corrected chi connectivity index (χ1v) is 12.2. The average Bonchev–Trinajstić information content (AvgIpc) is 3.51. The Morgan fingerprint density at radius 2 is 1.87 bits per heavy atom. The number of carbonyl (C=O) groups excluding carboxylic acids is 1. The minimum Gasteiger partial charge on any atom is -0.335 e. The zero-order valence-electron chi connectivity index (χ0n) is 21.0. The van der Waals surface area contributed by atoms with E-state index < -0.39 is 0 Å². The molecule has 188 valence electrons. The molecule has 6 aromatic rings. The molecule has 4 heterocycles. The number of imidazole rings is 1. The van der Waals surface area contributed by atoms with Gasteiger partial charge in [0.05, 0.1) is 22.9 Å². The van der Waals surface area contributed by atoms with Crippen molar-refractivity contribution in [2.75, 3.05) is 5.32 Å². The molecule has 0 saturated heterocycles. The van der Waals surface area contributed by atoms with E-state index in [1.807, 2.05) is 57.2 Å². The lowest BCUT2D eigenvalue weighted by Gasteiger charge is -2.09. The molecule has 0 unspecified atom stereocenters. The quantitative estimate of drug-likeness (QED) is 0.256. The van der Waals surface area contributed by atoms with Gasteiger partial charge >= 0.3 is 0 Å². The summed E-state index contributed by atoms with van der Waals surface area (Å²) in [6.45, 7) is 5.55. The van der Waals surface area contributed by atoms with Gasteiger partial charge in [0.1, 0.15) is 11.5 Å². The molecular weight excluding hydrogens is 481 g/mol. The number of amides is 1. The molecule has 38 heavy (non-hydrogen) atoms. The molecule has 1 amide bonds. The summed E-state index contributed by atoms with van der Waals surface area (Å²) in [7, 11) is 0. The lowest BCUT2D eigenvalue weighted by Crippen LogP contribution is -2.17. The van der Waals surface area contributed by atoms with E-state index in [0.717, 1.165) is 38.7 Å². The summed E-state index contributed by atoms with van der Waals surface area (Å²) in [6.07, 6.45) is 5.05. The second kappa shape index (κ2) is 9.19. The molecule has 8 nitrogen and oxygen atoms in total. The molecule has 0 spiro atoms. The summed E-state index contributed by atoms with van der Waals surface area (Å²) < 4.78 is 14.1. The second-order valence-electron chi connectivity index (χ2n) is 9.60. The zero-order chi connectivity index (χ0) is 26.4. The number of H-pyrrole nitrogens is 2. The Bertz CT molecular complexity index is 1820. The molecule has 6 rings (SSSR count). The van der Waals surface area contributed by atoms with Crippen molar-refractivity contribution in [3.05, 3.63) is 78.5 Å². The molecule has 2 aromatic carbocycles. The predicted octanol–water partition coefficient (Wildman–Crippen LogP) is 6.27. The van der Waals surface area contributed by atoms with Crippen molar-refractivity contribution in [2.24, 2.45) is 5.92 Å². The van der Waals surface area contributed by atoms with Gasteiger partial charge in [-0.05, 0) is 60.0 Å². The molecule has 0 aliphatic rings. The number of aromatic amines is 2. The summed E-state index contributed by atoms with van der Waals surface area (Å²) in [5.74, 6) is 0.0560.